The van der Waals surface area contributed by atoms with E-state index in [0.29, 0.717) is 17.9 Å². The van der Waals surface area contributed by atoms with Crippen LogP contribution in [0.3, 0.4) is 0 Å². The molecular weight excluding hydrogens is 306 g/mol. The first-order chi connectivity index (χ1) is 11.4. The fourth-order valence-corrected chi connectivity index (χ4v) is 2.53. The number of hydrogen-bond donors (Lipinski definition) is 0. The topological polar surface area (TPSA) is 77.0 Å². The highest BCUT2D eigenvalue weighted by Crippen LogP contribution is 2.12. The summed E-state index contributed by atoms with van der Waals surface area (Å²) >= 11 is 0. The highest BCUT2D eigenvalue weighted by molar-refractivity contribution is 5.93. The van der Waals surface area contributed by atoms with Gasteiger partial charge in [-0.15, -0.1) is 0 Å². The average Bonchev–Trinajstić information content (AvgIpc) is 3.11. The van der Waals surface area contributed by atoms with E-state index in [9.17, 15) is 4.79 Å². The van der Waals surface area contributed by atoms with Gasteiger partial charge >= 0.3 is 0 Å². The van der Waals surface area contributed by atoms with Crippen molar-refractivity contribution in [3.63, 3.8) is 0 Å². The summed E-state index contributed by atoms with van der Waals surface area (Å²) in [6.07, 6.45) is 1.57. The molecule has 0 saturated heterocycles. The number of aromatic nitrogens is 4. The number of amides is 1. The van der Waals surface area contributed by atoms with E-state index >= 15 is 0 Å². The minimum atomic E-state index is -0.122. The quantitative estimate of drug-likeness (QED) is 0.736. The first kappa shape index (κ1) is 15.9. The first-order valence-electron chi connectivity index (χ1n) is 7.61. The van der Waals surface area contributed by atoms with Crippen molar-refractivity contribution in [3.8, 4) is 5.82 Å². The van der Waals surface area contributed by atoms with E-state index in [1.807, 2.05) is 32.9 Å². The van der Waals surface area contributed by atoms with Crippen molar-refractivity contribution in [2.45, 2.75) is 27.3 Å². The number of carbonyl (C=O) groups excluding carboxylic acids is 1. The molecular formula is C17H19N5O2. The van der Waals surface area contributed by atoms with Crippen molar-refractivity contribution < 1.29 is 9.32 Å². The lowest BCUT2D eigenvalue weighted by molar-refractivity contribution is 0.0781. The van der Waals surface area contributed by atoms with Crippen LogP contribution in [0.4, 0.5) is 0 Å². The third kappa shape index (κ3) is 3.19. The summed E-state index contributed by atoms with van der Waals surface area (Å²) in [4.78, 5) is 18.4. The molecule has 0 bridgehead atoms. The van der Waals surface area contributed by atoms with Gasteiger partial charge in [-0.25, -0.2) is 9.67 Å². The molecule has 24 heavy (non-hydrogen) atoms. The van der Waals surface area contributed by atoms with E-state index in [1.165, 1.54) is 0 Å². The SMILES string of the molecule is Cc1cc(C)n(-c2ccc(C(=O)N(C)Cc3cc(C)on3)cn2)n1. The van der Waals surface area contributed by atoms with Crippen LogP contribution >= 0.6 is 0 Å². The molecule has 3 aromatic rings. The summed E-state index contributed by atoms with van der Waals surface area (Å²) in [5.74, 6) is 1.29. The van der Waals surface area contributed by atoms with Gasteiger partial charge in [0, 0.05) is 25.0 Å². The first-order valence-corrected chi connectivity index (χ1v) is 7.61. The Morgan fingerprint density at radius 1 is 1.25 bits per heavy atom. The summed E-state index contributed by atoms with van der Waals surface area (Å²) in [6.45, 7) is 6.10. The average molecular weight is 325 g/mol. The zero-order valence-corrected chi connectivity index (χ0v) is 14.1. The Morgan fingerprint density at radius 2 is 2.04 bits per heavy atom. The van der Waals surface area contributed by atoms with Gasteiger partial charge in [-0.3, -0.25) is 4.79 Å². The van der Waals surface area contributed by atoms with Crippen LogP contribution in [0.1, 0.15) is 33.2 Å². The lowest BCUT2D eigenvalue weighted by Crippen LogP contribution is -2.26. The second-order valence-corrected chi connectivity index (χ2v) is 5.83. The molecule has 0 aromatic carbocycles. The molecule has 7 nitrogen and oxygen atoms in total. The molecule has 0 saturated carbocycles. The molecule has 3 heterocycles. The molecule has 0 spiro atoms. The molecule has 0 aliphatic heterocycles. The van der Waals surface area contributed by atoms with E-state index in [0.717, 1.165) is 22.8 Å². The normalized spacial score (nSPS) is 10.8. The summed E-state index contributed by atoms with van der Waals surface area (Å²) in [5, 5.41) is 8.29. The van der Waals surface area contributed by atoms with Gasteiger partial charge in [0.25, 0.3) is 5.91 Å². The van der Waals surface area contributed by atoms with Crippen molar-refractivity contribution in [1.82, 2.24) is 24.8 Å². The van der Waals surface area contributed by atoms with Gasteiger partial charge in [-0.1, -0.05) is 5.16 Å². The van der Waals surface area contributed by atoms with E-state index in [2.05, 4.69) is 15.2 Å². The van der Waals surface area contributed by atoms with E-state index in [4.69, 9.17) is 4.52 Å². The van der Waals surface area contributed by atoms with Crippen LogP contribution in [-0.4, -0.2) is 37.8 Å². The number of pyridine rings is 1. The van der Waals surface area contributed by atoms with Crippen molar-refractivity contribution in [1.29, 1.82) is 0 Å². The summed E-state index contributed by atoms with van der Waals surface area (Å²) in [7, 11) is 1.72. The van der Waals surface area contributed by atoms with Gasteiger partial charge in [-0.05, 0) is 39.0 Å². The molecule has 3 aromatic heterocycles. The lowest BCUT2D eigenvalue weighted by atomic mass is 10.2. The molecule has 0 atom stereocenters. The molecule has 0 N–H and O–H groups in total. The third-order valence-electron chi connectivity index (χ3n) is 3.64. The van der Waals surface area contributed by atoms with Gasteiger partial charge in [0.15, 0.2) is 5.82 Å². The van der Waals surface area contributed by atoms with Crippen molar-refractivity contribution in [2.24, 2.45) is 0 Å². The minimum Gasteiger partial charge on any atom is -0.361 e. The van der Waals surface area contributed by atoms with Crippen LogP contribution in [0.25, 0.3) is 5.82 Å². The Labute approximate surface area is 139 Å². The van der Waals surface area contributed by atoms with Gasteiger partial charge in [0.1, 0.15) is 11.5 Å². The van der Waals surface area contributed by atoms with Crippen molar-refractivity contribution in [2.75, 3.05) is 7.05 Å². The van der Waals surface area contributed by atoms with Crippen LogP contribution in [0, 0.1) is 20.8 Å². The van der Waals surface area contributed by atoms with Crippen LogP contribution in [0.5, 0.6) is 0 Å². The molecule has 124 valence electrons. The fourth-order valence-electron chi connectivity index (χ4n) is 2.53. The van der Waals surface area contributed by atoms with Gasteiger partial charge in [0.2, 0.25) is 0 Å². The third-order valence-corrected chi connectivity index (χ3v) is 3.64. The molecule has 3 rings (SSSR count). The van der Waals surface area contributed by atoms with E-state index in [-0.39, 0.29) is 5.91 Å². The van der Waals surface area contributed by atoms with Crippen LogP contribution in [0.2, 0.25) is 0 Å². The number of aryl methyl sites for hydroxylation is 3. The molecule has 0 aliphatic carbocycles. The second-order valence-electron chi connectivity index (χ2n) is 5.83. The highest BCUT2D eigenvalue weighted by atomic mass is 16.5. The Kier molecular flexibility index (Phi) is 4.16. The maximum Gasteiger partial charge on any atom is 0.255 e. The maximum atomic E-state index is 12.5. The van der Waals surface area contributed by atoms with Crippen LogP contribution < -0.4 is 0 Å². The standard InChI is InChI=1S/C17H19N5O2/c1-11-7-12(2)22(19-11)16-6-5-14(9-18-16)17(23)21(4)10-15-8-13(3)24-20-15/h5-9H,10H2,1-4H3. The number of carbonyl (C=O) groups is 1. The lowest BCUT2D eigenvalue weighted by Gasteiger charge is -2.15. The van der Waals surface area contributed by atoms with Gasteiger partial charge in [0.05, 0.1) is 17.8 Å². The zero-order chi connectivity index (χ0) is 17.3. The van der Waals surface area contributed by atoms with Crippen LogP contribution in [0.15, 0.2) is 35.0 Å². The zero-order valence-electron chi connectivity index (χ0n) is 14.1. The van der Waals surface area contributed by atoms with Crippen LogP contribution in [-0.2, 0) is 6.54 Å². The van der Waals surface area contributed by atoms with E-state index < -0.39 is 0 Å². The Balaban J connectivity index is 1.75. The smallest absolute Gasteiger partial charge is 0.255 e. The summed E-state index contributed by atoms with van der Waals surface area (Å²) in [6, 6.07) is 7.34. The van der Waals surface area contributed by atoms with E-state index in [1.54, 1.807) is 35.0 Å². The molecule has 1 amide bonds. The van der Waals surface area contributed by atoms with Crippen molar-refractivity contribution >= 4 is 5.91 Å². The minimum absolute atomic E-state index is 0.122. The predicted molar refractivity (Wildman–Crippen MR) is 87.9 cm³/mol. The molecule has 7 heteroatoms. The molecule has 0 aliphatic rings. The molecule has 0 radical (unpaired) electrons. The number of hydrogen-bond acceptors (Lipinski definition) is 5. The molecule has 0 unspecified atom stereocenters. The van der Waals surface area contributed by atoms with Crippen molar-refractivity contribution in [3.05, 3.63) is 58.9 Å². The van der Waals surface area contributed by atoms with Gasteiger partial charge < -0.3 is 9.42 Å². The second kappa shape index (κ2) is 6.27. The number of rotatable bonds is 4. The summed E-state index contributed by atoms with van der Waals surface area (Å²) in [5.41, 5.74) is 3.16. The highest BCUT2D eigenvalue weighted by Gasteiger charge is 2.15. The van der Waals surface area contributed by atoms with Gasteiger partial charge in [-0.2, -0.15) is 5.10 Å². The summed E-state index contributed by atoms with van der Waals surface area (Å²) < 4.78 is 6.77. The Morgan fingerprint density at radius 3 is 2.58 bits per heavy atom. The Hall–Kier alpha value is -2.96. The Bertz CT molecular complexity index is 863. The predicted octanol–water partition coefficient (Wildman–Crippen LogP) is 2.45. The molecule has 0 fully saturated rings. The fraction of sp³-hybridized carbons (Fsp3) is 0.294. The largest absolute Gasteiger partial charge is 0.361 e. The monoisotopic (exact) mass is 325 g/mol. The maximum absolute atomic E-state index is 12.5. The number of nitrogens with zero attached hydrogens (tertiary/aromatic N) is 5.